The molecule has 1 aromatic rings. The normalized spacial score (nSPS) is 13.8. The lowest BCUT2D eigenvalue weighted by molar-refractivity contribution is -0.0435. The zero-order chi connectivity index (χ0) is 15.6. The molecule has 1 rings (SSSR count). The summed E-state index contributed by atoms with van der Waals surface area (Å²) in [4.78, 5) is -1.12. The third-order valence-corrected chi connectivity index (χ3v) is 3.99. The highest BCUT2D eigenvalue weighted by Gasteiger charge is 2.48. The molecular formula is C12H13F4NO2S. The second-order valence-electron chi connectivity index (χ2n) is 4.16. The van der Waals surface area contributed by atoms with Crippen LogP contribution in [0.2, 0.25) is 0 Å². The predicted octanol–water partition coefficient (Wildman–Crippen LogP) is 3.50. The van der Waals surface area contributed by atoms with Crippen molar-refractivity contribution in [3.05, 3.63) is 36.7 Å². The van der Waals surface area contributed by atoms with Crippen LogP contribution >= 0.6 is 0 Å². The number of hydrogen-bond donors (Lipinski definition) is 1. The summed E-state index contributed by atoms with van der Waals surface area (Å²) >= 11 is 0. The molecule has 1 aromatic carbocycles. The Bertz CT molecular complexity index is 596. The topological polar surface area (TPSA) is 46.2 Å². The summed E-state index contributed by atoms with van der Waals surface area (Å²) in [7, 11) is -5.62. The van der Waals surface area contributed by atoms with E-state index >= 15 is 0 Å². The molecule has 0 aliphatic heterocycles. The molecule has 0 radical (unpaired) electrons. The van der Waals surface area contributed by atoms with Gasteiger partial charge in [0.25, 0.3) is 9.84 Å². The number of hydrogen-bond acceptors (Lipinski definition) is 3. The minimum atomic E-state index is -5.62. The van der Waals surface area contributed by atoms with Gasteiger partial charge in [0.1, 0.15) is 10.7 Å². The molecule has 0 aliphatic carbocycles. The molecule has 0 heterocycles. The van der Waals surface area contributed by atoms with Crippen molar-refractivity contribution in [2.45, 2.75) is 29.8 Å². The van der Waals surface area contributed by atoms with Crippen molar-refractivity contribution in [2.75, 3.05) is 5.32 Å². The first-order chi connectivity index (χ1) is 9.09. The number of rotatable bonds is 5. The van der Waals surface area contributed by atoms with E-state index in [1.165, 1.54) is 6.08 Å². The third-order valence-electron chi connectivity index (χ3n) is 2.46. The number of sulfone groups is 1. The van der Waals surface area contributed by atoms with E-state index in [9.17, 15) is 26.0 Å². The zero-order valence-electron chi connectivity index (χ0n) is 10.5. The number of nitrogens with one attached hydrogen (secondary N) is 1. The fourth-order valence-electron chi connectivity index (χ4n) is 1.54. The molecule has 0 aliphatic rings. The summed E-state index contributed by atoms with van der Waals surface area (Å²) in [5, 5.41) is 2.60. The molecule has 0 aromatic heterocycles. The van der Waals surface area contributed by atoms with E-state index in [1.54, 1.807) is 6.92 Å². The van der Waals surface area contributed by atoms with E-state index in [4.69, 9.17) is 0 Å². The van der Waals surface area contributed by atoms with Crippen LogP contribution in [0.4, 0.5) is 23.2 Å². The second kappa shape index (κ2) is 5.82. The Morgan fingerprint density at radius 2 is 2.00 bits per heavy atom. The van der Waals surface area contributed by atoms with E-state index in [-0.39, 0.29) is 11.7 Å². The molecule has 0 amide bonds. The molecule has 20 heavy (non-hydrogen) atoms. The van der Waals surface area contributed by atoms with Gasteiger partial charge < -0.3 is 5.32 Å². The van der Waals surface area contributed by atoms with Crippen LogP contribution in [0.25, 0.3) is 0 Å². The highest BCUT2D eigenvalue weighted by molar-refractivity contribution is 7.92. The molecule has 1 atom stereocenters. The van der Waals surface area contributed by atoms with E-state index in [0.717, 1.165) is 12.1 Å². The van der Waals surface area contributed by atoms with Crippen LogP contribution in [0.1, 0.15) is 13.3 Å². The van der Waals surface area contributed by atoms with Crippen molar-refractivity contribution in [2.24, 2.45) is 0 Å². The van der Waals surface area contributed by atoms with Crippen LogP contribution in [0, 0.1) is 5.82 Å². The zero-order valence-corrected chi connectivity index (χ0v) is 11.4. The molecule has 1 unspecified atom stereocenters. The lowest BCUT2D eigenvalue weighted by Crippen LogP contribution is -2.25. The van der Waals surface area contributed by atoms with Gasteiger partial charge in [0, 0.05) is 6.04 Å². The van der Waals surface area contributed by atoms with Crippen molar-refractivity contribution in [1.29, 1.82) is 0 Å². The summed E-state index contributed by atoms with van der Waals surface area (Å²) in [6.07, 6.45) is 1.93. The Balaban J connectivity index is 3.32. The van der Waals surface area contributed by atoms with E-state index in [2.05, 4.69) is 11.9 Å². The van der Waals surface area contributed by atoms with Gasteiger partial charge in [-0.3, -0.25) is 0 Å². The smallest absolute Gasteiger partial charge is 0.381 e. The quantitative estimate of drug-likeness (QED) is 0.669. The standard InChI is InChI=1S/C12H13F4NO2S/c1-3-4-8(2)17-10-6-5-9(13)7-11(10)20(18,19)12(14,15)16/h3,5-8,17H,1,4H2,2H3. The molecule has 0 saturated carbocycles. The number of anilines is 1. The first kappa shape index (κ1) is 16.5. The van der Waals surface area contributed by atoms with Crippen LogP contribution in [-0.4, -0.2) is 20.0 Å². The molecule has 0 bridgehead atoms. The molecule has 112 valence electrons. The molecular weight excluding hydrogens is 298 g/mol. The molecule has 0 saturated heterocycles. The van der Waals surface area contributed by atoms with Crippen molar-refractivity contribution in [3.63, 3.8) is 0 Å². The van der Waals surface area contributed by atoms with Crippen LogP contribution in [0.5, 0.6) is 0 Å². The Labute approximate surface area is 114 Å². The summed E-state index contributed by atoms with van der Waals surface area (Å²) < 4.78 is 73.6. The number of alkyl halides is 3. The van der Waals surface area contributed by atoms with E-state index in [0.29, 0.717) is 12.5 Å². The minimum absolute atomic E-state index is 0.293. The van der Waals surface area contributed by atoms with Gasteiger partial charge >= 0.3 is 5.51 Å². The van der Waals surface area contributed by atoms with Gasteiger partial charge in [0.2, 0.25) is 0 Å². The maximum absolute atomic E-state index is 13.1. The Morgan fingerprint density at radius 1 is 1.40 bits per heavy atom. The van der Waals surface area contributed by atoms with Crippen molar-refractivity contribution >= 4 is 15.5 Å². The molecule has 0 spiro atoms. The summed E-state index contributed by atoms with van der Waals surface area (Å²) in [5.41, 5.74) is -5.78. The molecule has 1 N–H and O–H groups in total. The molecule has 8 heteroatoms. The van der Waals surface area contributed by atoms with E-state index < -0.39 is 26.1 Å². The van der Waals surface area contributed by atoms with Crippen LogP contribution in [0.3, 0.4) is 0 Å². The van der Waals surface area contributed by atoms with Crippen LogP contribution < -0.4 is 5.32 Å². The Morgan fingerprint density at radius 3 is 2.50 bits per heavy atom. The van der Waals surface area contributed by atoms with Crippen molar-refractivity contribution in [3.8, 4) is 0 Å². The van der Waals surface area contributed by atoms with Crippen molar-refractivity contribution in [1.82, 2.24) is 0 Å². The lowest BCUT2D eigenvalue weighted by Gasteiger charge is -2.18. The summed E-state index contributed by atoms with van der Waals surface area (Å²) in [6, 6.07) is 1.86. The van der Waals surface area contributed by atoms with Gasteiger partial charge in [-0.15, -0.1) is 6.58 Å². The first-order valence-corrected chi connectivity index (χ1v) is 7.06. The van der Waals surface area contributed by atoms with E-state index in [1.807, 2.05) is 0 Å². The SMILES string of the molecule is C=CCC(C)Nc1ccc(F)cc1S(=O)(=O)C(F)(F)F. The highest BCUT2D eigenvalue weighted by Crippen LogP contribution is 2.35. The third kappa shape index (κ3) is 3.50. The maximum Gasteiger partial charge on any atom is 0.501 e. The fourth-order valence-corrected chi connectivity index (χ4v) is 2.47. The molecule has 0 fully saturated rings. The Hall–Kier alpha value is -1.57. The maximum atomic E-state index is 13.1. The first-order valence-electron chi connectivity index (χ1n) is 5.58. The summed E-state index contributed by atoms with van der Waals surface area (Å²) in [6.45, 7) is 5.10. The largest absolute Gasteiger partial charge is 0.501 e. The average molecular weight is 311 g/mol. The average Bonchev–Trinajstić information content (AvgIpc) is 2.30. The number of halogens is 4. The minimum Gasteiger partial charge on any atom is -0.381 e. The monoisotopic (exact) mass is 311 g/mol. The van der Waals surface area contributed by atoms with Gasteiger partial charge in [-0.1, -0.05) is 6.08 Å². The Kier molecular flexibility index (Phi) is 4.80. The van der Waals surface area contributed by atoms with Crippen LogP contribution in [0.15, 0.2) is 35.7 Å². The highest BCUT2D eigenvalue weighted by atomic mass is 32.2. The molecule has 3 nitrogen and oxygen atoms in total. The van der Waals surface area contributed by atoms with Gasteiger partial charge in [0.15, 0.2) is 0 Å². The van der Waals surface area contributed by atoms with Gasteiger partial charge in [0.05, 0.1) is 5.69 Å². The van der Waals surface area contributed by atoms with Crippen LogP contribution in [-0.2, 0) is 9.84 Å². The van der Waals surface area contributed by atoms with Gasteiger partial charge in [-0.2, -0.15) is 13.2 Å². The van der Waals surface area contributed by atoms with Gasteiger partial charge in [-0.05, 0) is 31.5 Å². The fraction of sp³-hybridized carbons (Fsp3) is 0.333. The lowest BCUT2D eigenvalue weighted by atomic mass is 10.2. The second-order valence-corrected chi connectivity index (χ2v) is 6.07. The summed E-state index contributed by atoms with van der Waals surface area (Å²) in [5.74, 6) is -1.06. The van der Waals surface area contributed by atoms with Crippen molar-refractivity contribution < 1.29 is 26.0 Å². The van der Waals surface area contributed by atoms with Gasteiger partial charge in [-0.25, -0.2) is 12.8 Å². The number of benzene rings is 1. The predicted molar refractivity (Wildman–Crippen MR) is 67.5 cm³/mol.